The maximum Gasteiger partial charge on any atom is 0.347 e. The Morgan fingerprint density at radius 1 is 1.60 bits per heavy atom. The minimum atomic E-state index is -0.488. The van der Waals surface area contributed by atoms with Gasteiger partial charge in [-0.05, 0) is 24.6 Å². The van der Waals surface area contributed by atoms with Crippen LogP contribution in [-0.2, 0) is 16.0 Å². The summed E-state index contributed by atoms with van der Waals surface area (Å²) >= 11 is 3.39. The molecule has 1 aromatic carbocycles. The summed E-state index contributed by atoms with van der Waals surface area (Å²) in [6, 6.07) is 3.90. The monoisotopic (exact) mass is 270 g/mol. The second kappa shape index (κ2) is 3.85. The van der Waals surface area contributed by atoms with Gasteiger partial charge < -0.3 is 9.47 Å². The molecule has 2 rings (SSSR count). The van der Waals surface area contributed by atoms with Crippen LogP contribution in [0.15, 0.2) is 16.6 Å². The largest absolute Gasteiger partial charge is 0.478 e. The zero-order valence-electron chi connectivity index (χ0n) is 8.54. The van der Waals surface area contributed by atoms with Gasteiger partial charge in [-0.3, -0.25) is 0 Å². The summed E-state index contributed by atoms with van der Waals surface area (Å²) < 4.78 is 11.1. The zero-order chi connectivity index (χ0) is 11.0. The van der Waals surface area contributed by atoms with Gasteiger partial charge in [-0.25, -0.2) is 4.79 Å². The van der Waals surface area contributed by atoms with E-state index in [2.05, 4.69) is 20.7 Å². The van der Waals surface area contributed by atoms with Crippen LogP contribution in [0.3, 0.4) is 0 Å². The van der Waals surface area contributed by atoms with Crippen molar-refractivity contribution in [1.29, 1.82) is 0 Å². The summed E-state index contributed by atoms with van der Waals surface area (Å²) in [4.78, 5) is 11.3. The van der Waals surface area contributed by atoms with Crippen LogP contribution in [-0.4, -0.2) is 19.2 Å². The van der Waals surface area contributed by atoms with Gasteiger partial charge in [0, 0.05) is 16.5 Å². The fourth-order valence-electron chi connectivity index (χ4n) is 1.75. The van der Waals surface area contributed by atoms with Gasteiger partial charge >= 0.3 is 5.97 Å². The smallest absolute Gasteiger partial charge is 0.347 e. The van der Waals surface area contributed by atoms with Gasteiger partial charge in [-0.1, -0.05) is 15.9 Å². The Hall–Kier alpha value is -1.03. The van der Waals surface area contributed by atoms with Crippen LogP contribution in [0.25, 0.3) is 0 Å². The number of carbonyl (C=O) groups is 1. The van der Waals surface area contributed by atoms with Crippen molar-refractivity contribution in [2.45, 2.75) is 19.4 Å². The van der Waals surface area contributed by atoms with Crippen molar-refractivity contribution in [3.8, 4) is 5.75 Å². The molecule has 0 fully saturated rings. The van der Waals surface area contributed by atoms with E-state index in [1.54, 1.807) is 0 Å². The predicted octanol–water partition coefficient (Wildman–Crippen LogP) is 2.23. The molecule has 1 aromatic rings. The van der Waals surface area contributed by atoms with Crippen LogP contribution in [0, 0.1) is 6.92 Å². The van der Waals surface area contributed by atoms with E-state index in [1.807, 2.05) is 19.1 Å². The van der Waals surface area contributed by atoms with Crippen LogP contribution in [0.1, 0.15) is 11.1 Å². The molecule has 0 saturated carbocycles. The molecular formula is C11H11BrO3. The number of carbonyl (C=O) groups excluding carboxylic acids is 1. The standard InChI is InChI=1S/C11H11BrO3/c1-6-3-7(12)4-9-8(6)5-10(15-9)11(13)14-2/h3-4,10H,5H2,1-2H3. The third-order valence-corrected chi connectivity index (χ3v) is 2.98. The van der Waals surface area contributed by atoms with E-state index in [-0.39, 0.29) is 5.97 Å². The van der Waals surface area contributed by atoms with Crippen molar-refractivity contribution < 1.29 is 14.3 Å². The second-order valence-corrected chi connectivity index (χ2v) is 4.45. The Bertz CT molecular complexity index is 415. The average molecular weight is 271 g/mol. The molecule has 1 unspecified atom stereocenters. The van der Waals surface area contributed by atoms with Gasteiger partial charge in [0.2, 0.25) is 0 Å². The number of rotatable bonds is 1. The van der Waals surface area contributed by atoms with E-state index >= 15 is 0 Å². The summed E-state index contributed by atoms with van der Waals surface area (Å²) in [7, 11) is 1.37. The fourth-order valence-corrected chi connectivity index (χ4v) is 2.30. The second-order valence-electron chi connectivity index (χ2n) is 3.53. The normalized spacial score (nSPS) is 18.2. The van der Waals surface area contributed by atoms with Crippen LogP contribution >= 0.6 is 15.9 Å². The average Bonchev–Trinajstić information content (AvgIpc) is 2.60. The Kier molecular flexibility index (Phi) is 2.69. The molecule has 3 nitrogen and oxygen atoms in total. The zero-order valence-corrected chi connectivity index (χ0v) is 10.1. The third kappa shape index (κ3) is 1.86. The van der Waals surface area contributed by atoms with Gasteiger partial charge in [0.25, 0.3) is 0 Å². The van der Waals surface area contributed by atoms with Gasteiger partial charge in [-0.15, -0.1) is 0 Å². The van der Waals surface area contributed by atoms with E-state index in [0.717, 1.165) is 21.3 Å². The molecule has 0 aromatic heterocycles. The van der Waals surface area contributed by atoms with E-state index in [9.17, 15) is 4.79 Å². The van der Waals surface area contributed by atoms with Gasteiger partial charge in [0.1, 0.15) is 5.75 Å². The Labute approximate surface area is 96.5 Å². The number of aryl methyl sites for hydroxylation is 1. The van der Waals surface area contributed by atoms with Crippen molar-refractivity contribution in [2.24, 2.45) is 0 Å². The quantitative estimate of drug-likeness (QED) is 0.735. The SMILES string of the molecule is COC(=O)C1Cc2c(C)cc(Br)cc2O1. The lowest BCUT2D eigenvalue weighted by molar-refractivity contribution is -0.147. The lowest BCUT2D eigenvalue weighted by Gasteiger charge is -2.06. The molecule has 0 amide bonds. The first-order valence-electron chi connectivity index (χ1n) is 4.65. The number of esters is 1. The molecule has 1 aliphatic heterocycles. The van der Waals surface area contributed by atoms with Crippen LogP contribution in [0.4, 0.5) is 0 Å². The number of methoxy groups -OCH3 is 1. The number of benzene rings is 1. The summed E-state index contributed by atoms with van der Waals surface area (Å²) in [6.07, 6.45) is 0.110. The summed E-state index contributed by atoms with van der Waals surface area (Å²) in [5, 5.41) is 0. The Morgan fingerprint density at radius 2 is 2.33 bits per heavy atom. The molecule has 1 heterocycles. The van der Waals surface area contributed by atoms with Crippen molar-refractivity contribution >= 4 is 21.9 Å². The predicted molar refractivity (Wildman–Crippen MR) is 59.0 cm³/mol. The molecule has 80 valence electrons. The molecule has 0 saturated heterocycles. The van der Waals surface area contributed by atoms with Crippen LogP contribution in [0.5, 0.6) is 5.75 Å². The van der Waals surface area contributed by atoms with Gasteiger partial charge in [0.05, 0.1) is 7.11 Å². The first-order valence-corrected chi connectivity index (χ1v) is 5.44. The van der Waals surface area contributed by atoms with Crippen molar-refractivity contribution in [3.63, 3.8) is 0 Å². The van der Waals surface area contributed by atoms with Gasteiger partial charge in [0.15, 0.2) is 6.10 Å². The molecule has 15 heavy (non-hydrogen) atoms. The molecule has 0 spiro atoms. The van der Waals surface area contributed by atoms with Gasteiger partial charge in [-0.2, -0.15) is 0 Å². The molecular weight excluding hydrogens is 260 g/mol. The van der Waals surface area contributed by atoms with Crippen molar-refractivity contribution in [2.75, 3.05) is 7.11 Å². The first kappa shape index (κ1) is 10.5. The van der Waals surface area contributed by atoms with Crippen molar-refractivity contribution in [1.82, 2.24) is 0 Å². The number of fused-ring (bicyclic) bond motifs is 1. The highest BCUT2D eigenvalue weighted by molar-refractivity contribution is 9.10. The Balaban J connectivity index is 2.31. The topological polar surface area (TPSA) is 35.5 Å². The maximum absolute atomic E-state index is 11.3. The van der Waals surface area contributed by atoms with E-state index in [1.165, 1.54) is 7.11 Å². The maximum atomic E-state index is 11.3. The number of hydrogen-bond acceptors (Lipinski definition) is 3. The Morgan fingerprint density at radius 3 is 3.00 bits per heavy atom. The molecule has 0 N–H and O–H groups in total. The lowest BCUT2D eigenvalue weighted by atomic mass is 10.0. The molecule has 4 heteroatoms. The number of halogens is 1. The van der Waals surface area contributed by atoms with E-state index in [0.29, 0.717) is 6.42 Å². The number of hydrogen-bond donors (Lipinski definition) is 0. The molecule has 0 bridgehead atoms. The number of ether oxygens (including phenoxy) is 2. The summed E-state index contributed by atoms with van der Waals surface area (Å²) in [6.45, 7) is 2.01. The van der Waals surface area contributed by atoms with Crippen LogP contribution in [0.2, 0.25) is 0 Å². The lowest BCUT2D eigenvalue weighted by Crippen LogP contribution is -2.26. The summed E-state index contributed by atoms with van der Waals surface area (Å²) in [5.41, 5.74) is 2.22. The van der Waals surface area contributed by atoms with E-state index < -0.39 is 6.10 Å². The molecule has 0 aliphatic carbocycles. The van der Waals surface area contributed by atoms with Crippen molar-refractivity contribution in [3.05, 3.63) is 27.7 Å². The third-order valence-electron chi connectivity index (χ3n) is 2.52. The minimum Gasteiger partial charge on any atom is -0.478 e. The summed E-state index contributed by atoms with van der Waals surface area (Å²) in [5.74, 6) is 0.457. The fraction of sp³-hybridized carbons (Fsp3) is 0.364. The first-order chi connectivity index (χ1) is 7.11. The van der Waals surface area contributed by atoms with E-state index in [4.69, 9.17) is 4.74 Å². The molecule has 1 atom stereocenters. The minimum absolute atomic E-state index is 0.318. The highest BCUT2D eigenvalue weighted by atomic mass is 79.9. The highest BCUT2D eigenvalue weighted by Gasteiger charge is 2.31. The molecule has 1 aliphatic rings. The molecule has 0 radical (unpaired) electrons. The highest BCUT2D eigenvalue weighted by Crippen LogP contribution is 2.34. The van der Waals surface area contributed by atoms with Crippen LogP contribution < -0.4 is 4.74 Å².